The van der Waals surface area contributed by atoms with Gasteiger partial charge in [-0.3, -0.25) is 54.5 Å². The maximum atomic E-state index is 12.5. The number of hydrogen-bond donors (Lipinski definition) is 7. The first-order valence-corrected chi connectivity index (χ1v) is 36.5. The predicted octanol–water partition coefficient (Wildman–Crippen LogP) is 11.5. The summed E-state index contributed by atoms with van der Waals surface area (Å²) >= 11 is 21.6. The molecule has 20 nitrogen and oxygen atoms in total. The van der Waals surface area contributed by atoms with Gasteiger partial charge in [0.15, 0.2) is 38.3 Å². The number of H-pyrrole nitrogens is 1. The number of aromatic nitrogens is 6. The molecule has 2 amide bonds. The molecule has 0 unspecified atom stereocenters. The molecule has 0 radical (unpaired) electrons. The number of aliphatic imine (C=N–C) groups is 1. The van der Waals surface area contributed by atoms with Crippen molar-refractivity contribution in [2.75, 3.05) is 23.6 Å². The van der Waals surface area contributed by atoms with Crippen LogP contribution in [0.2, 0.25) is 0 Å². The summed E-state index contributed by atoms with van der Waals surface area (Å²) in [6.45, 7) is 17.8. The summed E-state index contributed by atoms with van der Waals surface area (Å²) in [5.74, 6) is 6.46. The molecular formula is C83H89ClK2N12O8S4. The quantitative estimate of drug-likeness (QED) is 0.00429. The largest absolute Gasteiger partial charge is 1.00 e. The van der Waals surface area contributed by atoms with Crippen molar-refractivity contribution in [2.24, 2.45) is 10.8 Å². The Labute approximate surface area is 755 Å². The summed E-state index contributed by atoms with van der Waals surface area (Å²) in [5, 5.41) is 38.3. The number of amides is 2. The number of hydrazine groups is 2. The molecule has 27 heteroatoms. The summed E-state index contributed by atoms with van der Waals surface area (Å²) in [6, 6.07) is 88.3. The van der Waals surface area contributed by atoms with Gasteiger partial charge in [0.25, 0.3) is 18.3 Å². The van der Waals surface area contributed by atoms with Crippen molar-refractivity contribution in [2.45, 2.75) is 67.5 Å². The van der Waals surface area contributed by atoms with Gasteiger partial charge in [-0.05, 0) is 144 Å². The van der Waals surface area contributed by atoms with Crippen LogP contribution in [-0.4, -0.2) is 93.0 Å². The fraction of sp³-hybridized carbons (Fsp3) is 0.145. The van der Waals surface area contributed by atoms with E-state index in [0.29, 0.717) is 43.0 Å². The molecule has 0 fully saturated rings. The van der Waals surface area contributed by atoms with E-state index in [4.69, 9.17) is 57.0 Å². The summed E-state index contributed by atoms with van der Waals surface area (Å²) in [4.78, 5) is 61.1. The Kier molecular flexibility index (Phi) is 54.8. The summed E-state index contributed by atoms with van der Waals surface area (Å²) in [7, 11) is 0. The number of alkyl halides is 1. The number of nitrogens with zero attached hydrogens (tertiary/aromatic N) is 6. The van der Waals surface area contributed by atoms with Gasteiger partial charge in [-0.2, -0.15) is 10.1 Å². The Morgan fingerprint density at radius 1 is 0.573 bits per heavy atom. The number of aromatic amines is 1. The number of aliphatic hydroxyl groups is 1. The van der Waals surface area contributed by atoms with E-state index in [1.165, 1.54) is 22.9 Å². The number of hydrogen-bond acceptors (Lipinski definition) is 17. The summed E-state index contributed by atoms with van der Waals surface area (Å²) < 4.78 is 4.55. The minimum Gasteiger partial charge on any atom is -1.00 e. The first kappa shape index (κ1) is 99.7. The minimum absolute atomic E-state index is 0. The number of ketones is 2. The number of anilines is 1. The van der Waals surface area contributed by atoms with Crippen LogP contribution < -0.4 is 135 Å². The number of nitrogen functional groups attached to an aromatic ring is 1. The van der Waals surface area contributed by atoms with Gasteiger partial charge in [0.1, 0.15) is 0 Å². The van der Waals surface area contributed by atoms with Crippen molar-refractivity contribution in [3.05, 3.63) is 328 Å². The molecule has 562 valence electrons. The monoisotopic (exact) mass is 1620 g/mol. The number of nitrogens with one attached hydrogen (secondary N) is 5. The van der Waals surface area contributed by atoms with Gasteiger partial charge in [-0.15, -0.1) is 21.8 Å². The second-order valence-electron chi connectivity index (χ2n) is 21.4. The van der Waals surface area contributed by atoms with Gasteiger partial charge < -0.3 is 22.0 Å². The van der Waals surface area contributed by atoms with Crippen LogP contribution in [0.5, 0.6) is 0 Å². The Morgan fingerprint density at radius 3 is 1.35 bits per heavy atom. The van der Waals surface area contributed by atoms with Crippen LogP contribution in [0.4, 0.5) is 11.4 Å². The molecule has 12 rings (SSSR count). The van der Waals surface area contributed by atoms with Crippen LogP contribution >= 0.6 is 60.0 Å². The zero-order valence-corrected chi connectivity index (χ0v) is 73.6. The molecule has 2 aromatic heterocycles. The van der Waals surface area contributed by atoms with Crippen LogP contribution in [-0.2, 0) is 9.68 Å². The third-order valence-corrected chi connectivity index (χ3v) is 15.4. The van der Waals surface area contributed by atoms with Crippen LogP contribution in [0.3, 0.4) is 0 Å². The first-order chi connectivity index (χ1) is 52.5. The molecule has 0 aliphatic heterocycles. The number of nitrogens with two attached hydrogens (primary N) is 1. The van der Waals surface area contributed by atoms with E-state index in [9.17, 15) is 19.2 Å². The Bertz CT molecular complexity index is 4670. The minimum atomic E-state index is -0.259. The standard InChI is InChI=1S/C23H19N3OS.C15H15N3OS.C15H13N3S.C8H7ClO.C8H10N2O.C7H5NS.C2H6O.2C2H6.CH2O3.2K.H/c1-17-12-14-19(15-13-17)22-24-25-23(26(22)20-10-6-3-7-11-20)28-16-21(27)18-8-4-2-5-9-18;1-11-7-9-12(10-8-11)14(19)17-18-15(20)16-13-5-3-2-4-6-13;1-11-7-9-12(10-8-11)14-16-17-15(19)18(14)13-5-3-2-4-6-13;9-6-8(10)7-4-2-1-3-5-7;1-6-2-4-7(5-3-6)8(11)10-9;9-6-8-7-4-2-1-3-5-7;1-2-3;2*1-2;2-1-4-3;;;/h2-15H,16H2,1H3;2-10H,1H3,(H,17,19)(H2,16,18,20);2-10H,1H3,(H,17,19);1-5H,6H2;2-5H,9H2,1H3,(H,10,11);1-5H;3H,2H2,1H3;2*1-2H3;1,3H;;;/q;;;;;;;;;;2*+1;-1/p-1. The summed E-state index contributed by atoms with van der Waals surface area (Å²) in [5.41, 5.74) is 20.2. The number of isothiocyanates is 1. The van der Waals surface area contributed by atoms with E-state index in [2.05, 4.69) is 119 Å². The number of para-hydroxylation sites is 4. The van der Waals surface area contributed by atoms with Crippen LogP contribution in [0.25, 0.3) is 34.2 Å². The zero-order valence-electron chi connectivity index (χ0n) is 64.3. The van der Waals surface area contributed by atoms with Crippen molar-refractivity contribution in [1.82, 2.24) is 45.8 Å². The number of carbonyl (C=O) groups excluding carboxylic acids is 5. The molecule has 0 saturated heterocycles. The fourth-order valence-corrected chi connectivity index (χ4v) is 10.0. The van der Waals surface area contributed by atoms with Crippen LogP contribution in [0.15, 0.2) is 289 Å². The SMILES string of the molecule is CC.CC.CCO.Cc1ccc(-c2n[nH]c(=S)n2-c2ccccc2)cc1.Cc1ccc(-c2nnc(SCC(=O)c3ccccc3)n2-c2ccccc2)cc1.Cc1ccc(C(=O)NN)cc1.Cc1ccc(C(=O)NNC(=S)Nc2ccccc2)cc1.O=C(CCl)c1ccccc1.O=CO[O-].S=C=Nc1ccccc1.[H-].[K+].[K+]. The smallest absolute Gasteiger partial charge is 1.00 e. The number of Topliss-reactive ketones (excluding diaryl/α,β-unsaturated/α-hetero) is 2. The third-order valence-electron chi connectivity index (χ3n) is 13.6. The normalized spacial score (nSPS) is 9.21. The molecule has 0 aliphatic rings. The van der Waals surface area contributed by atoms with Crippen molar-refractivity contribution in [3.8, 4) is 34.2 Å². The van der Waals surface area contributed by atoms with Gasteiger partial charge in [0.2, 0.25) is 0 Å². The van der Waals surface area contributed by atoms with Gasteiger partial charge in [-0.25, -0.2) is 5.84 Å². The topological polar surface area (TPSA) is 289 Å². The van der Waals surface area contributed by atoms with E-state index in [1.54, 1.807) is 43.3 Å². The van der Waals surface area contributed by atoms with Gasteiger partial charge in [0, 0.05) is 57.0 Å². The average molecular weight is 1620 g/mol. The van der Waals surface area contributed by atoms with Crippen LogP contribution in [0.1, 0.15) is 99.7 Å². The van der Waals surface area contributed by atoms with Gasteiger partial charge in [0.05, 0.1) is 22.5 Å². The van der Waals surface area contributed by atoms with E-state index >= 15 is 0 Å². The number of aryl methyl sites for hydroxylation is 4. The maximum absolute atomic E-state index is 12.5. The molecule has 10 aromatic carbocycles. The second kappa shape index (κ2) is 60.5. The molecule has 0 saturated carbocycles. The fourth-order valence-electron chi connectivity index (χ4n) is 8.53. The van der Waals surface area contributed by atoms with Crippen LogP contribution in [0, 0.1) is 32.5 Å². The Morgan fingerprint density at radius 2 is 0.945 bits per heavy atom. The number of rotatable bonds is 15. The number of carbonyl (C=O) groups is 5. The van der Waals surface area contributed by atoms with E-state index in [-0.39, 0.29) is 147 Å². The molecule has 12 aromatic rings. The molecule has 0 bridgehead atoms. The number of thioether (sulfide) groups is 1. The number of halogens is 1. The number of benzene rings is 10. The average Bonchev–Trinajstić information content (AvgIpc) is 1.67. The van der Waals surface area contributed by atoms with Gasteiger partial charge >= 0.3 is 103 Å². The molecule has 8 N–H and O–H groups in total. The molecule has 2 heterocycles. The predicted molar refractivity (Wildman–Crippen MR) is 446 cm³/mol. The first-order valence-electron chi connectivity index (χ1n) is 33.7. The van der Waals surface area contributed by atoms with Gasteiger partial charge in [-0.1, -0.05) is 268 Å². The molecule has 0 atom stereocenters. The molecular weight excluding hydrogens is 1530 g/mol. The van der Waals surface area contributed by atoms with Crippen molar-refractivity contribution in [3.63, 3.8) is 0 Å². The van der Waals surface area contributed by atoms with Crippen molar-refractivity contribution < 1.29 is 143 Å². The summed E-state index contributed by atoms with van der Waals surface area (Å²) in [6.07, 6.45) is 0. The van der Waals surface area contributed by atoms with E-state index < -0.39 is 0 Å². The molecule has 0 aliphatic carbocycles. The Balaban J connectivity index is 0.00000131. The number of aliphatic hydroxyl groups excluding tert-OH is 1. The van der Waals surface area contributed by atoms with Crippen molar-refractivity contribution >= 4 is 112 Å². The van der Waals surface area contributed by atoms with E-state index in [0.717, 1.165) is 56.7 Å². The molecule has 110 heavy (non-hydrogen) atoms. The molecule has 0 spiro atoms. The second-order valence-corrected chi connectivity index (χ2v) is 23.6. The Hall–Kier alpha value is -8.27. The maximum Gasteiger partial charge on any atom is 1.00 e. The third kappa shape index (κ3) is 38.1. The zero-order chi connectivity index (χ0) is 79.3. The number of thiocarbonyl (C=S) groups is 2. The van der Waals surface area contributed by atoms with Crippen molar-refractivity contribution in [1.29, 1.82) is 0 Å². The van der Waals surface area contributed by atoms with E-state index in [1.807, 2.05) is 257 Å².